The second-order valence-corrected chi connectivity index (χ2v) is 4.13. The third-order valence-corrected chi connectivity index (χ3v) is 2.61. The lowest BCUT2D eigenvalue weighted by Gasteiger charge is -2.23. The molecule has 0 aliphatic carbocycles. The highest BCUT2D eigenvalue weighted by Crippen LogP contribution is 2.10. The number of aliphatic carboxylic acids is 1. The number of aliphatic hydroxyl groups is 4. The van der Waals surface area contributed by atoms with Gasteiger partial charge in [-0.1, -0.05) is 19.8 Å². The van der Waals surface area contributed by atoms with Gasteiger partial charge < -0.3 is 25.5 Å². The van der Waals surface area contributed by atoms with Gasteiger partial charge in [-0.2, -0.15) is 0 Å². The summed E-state index contributed by atoms with van der Waals surface area (Å²) in [6.45, 7) is 1.93. The quantitative estimate of drug-likeness (QED) is 0.325. The van der Waals surface area contributed by atoms with Crippen LogP contribution in [0.5, 0.6) is 0 Å². The lowest BCUT2D eigenvalue weighted by Crippen LogP contribution is -2.50. The molecule has 0 aromatic carbocycles. The van der Waals surface area contributed by atoms with Crippen molar-refractivity contribution in [3.05, 3.63) is 0 Å². The lowest BCUT2D eigenvalue weighted by atomic mass is 9.97. The average molecular weight is 264 g/mol. The van der Waals surface area contributed by atoms with Gasteiger partial charge in [0.1, 0.15) is 18.3 Å². The van der Waals surface area contributed by atoms with Crippen LogP contribution in [0.1, 0.15) is 32.6 Å². The first-order valence-electron chi connectivity index (χ1n) is 5.80. The van der Waals surface area contributed by atoms with Gasteiger partial charge in [-0.05, 0) is 6.42 Å². The Kier molecular flexibility index (Phi) is 7.69. The molecule has 0 radical (unpaired) electrons. The number of ketones is 1. The molecule has 106 valence electrons. The predicted molar refractivity (Wildman–Crippen MR) is 60.8 cm³/mol. The van der Waals surface area contributed by atoms with Crippen LogP contribution in [0.3, 0.4) is 0 Å². The molecule has 0 aromatic rings. The number of carboxylic acid groups (broad SMARTS) is 1. The number of rotatable bonds is 9. The molecular formula is C11H20O7. The van der Waals surface area contributed by atoms with Gasteiger partial charge in [-0.3, -0.25) is 4.79 Å². The summed E-state index contributed by atoms with van der Waals surface area (Å²) in [6, 6.07) is 0. The number of carbonyl (C=O) groups is 2. The second-order valence-electron chi connectivity index (χ2n) is 4.13. The van der Waals surface area contributed by atoms with Crippen LogP contribution in [0.2, 0.25) is 0 Å². The first-order chi connectivity index (χ1) is 8.32. The molecule has 0 spiro atoms. The number of carbonyl (C=O) groups excluding carboxylic acids is 1. The van der Waals surface area contributed by atoms with E-state index in [9.17, 15) is 24.9 Å². The Morgan fingerprint density at radius 3 is 1.89 bits per heavy atom. The van der Waals surface area contributed by atoms with E-state index >= 15 is 0 Å². The molecule has 5 N–H and O–H groups in total. The summed E-state index contributed by atoms with van der Waals surface area (Å²) in [4.78, 5) is 21.8. The molecular weight excluding hydrogens is 244 g/mol. The van der Waals surface area contributed by atoms with Crippen molar-refractivity contribution in [2.45, 2.75) is 57.0 Å². The minimum Gasteiger partial charge on any atom is -0.479 e. The van der Waals surface area contributed by atoms with E-state index in [1.807, 2.05) is 6.92 Å². The van der Waals surface area contributed by atoms with Crippen molar-refractivity contribution in [3.63, 3.8) is 0 Å². The Labute approximate surface area is 105 Å². The van der Waals surface area contributed by atoms with Gasteiger partial charge in [-0.25, -0.2) is 4.79 Å². The van der Waals surface area contributed by atoms with Crippen LogP contribution in [0.25, 0.3) is 0 Å². The molecule has 0 bridgehead atoms. The smallest absolute Gasteiger partial charge is 0.335 e. The zero-order valence-electron chi connectivity index (χ0n) is 10.2. The van der Waals surface area contributed by atoms with E-state index in [0.29, 0.717) is 6.42 Å². The molecule has 0 heterocycles. The van der Waals surface area contributed by atoms with Crippen LogP contribution in [-0.2, 0) is 9.59 Å². The van der Waals surface area contributed by atoms with Crippen LogP contribution >= 0.6 is 0 Å². The number of unbranched alkanes of at least 4 members (excludes halogenated alkanes) is 2. The molecule has 7 heteroatoms. The summed E-state index contributed by atoms with van der Waals surface area (Å²) in [6.07, 6.45) is -6.05. The van der Waals surface area contributed by atoms with Gasteiger partial charge >= 0.3 is 5.97 Å². The summed E-state index contributed by atoms with van der Waals surface area (Å²) in [5, 5.41) is 45.5. The monoisotopic (exact) mass is 264 g/mol. The fourth-order valence-corrected chi connectivity index (χ4v) is 1.41. The van der Waals surface area contributed by atoms with Gasteiger partial charge in [-0.15, -0.1) is 0 Å². The van der Waals surface area contributed by atoms with Crippen molar-refractivity contribution in [2.24, 2.45) is 0 Å². The van der Waals surface area contributed by atoms with Gasteiger partial charge in [0.05, 0.1) is 0 Å². The minimum absolute atomic E-state index is 0.0297. The van der Waals surface area contributed by atoms with E-state index in [4.69, 9.17) is 10.2 Å². The van der Waals surface area contributed by atoms with Crippen molar-refractivity contribution >= 4 is 11.8 Å². The number of Topliss-reactive ketones (excluding diaryl/α,β-unsaturated/α-hetero) is 1. The first kappa shape index (κ1) is 17.0. The number of hydrogen-bond acceptors (Lipinski definition) is 6. The highest BCUT2D eigenvalue weighted by Gasteiger charge is 2.36. The standard InChI is InChI=1S/C11H20O7/c1-2-3-4-5-6(12)7(13)8(14)9(15)10(16)11(17)18/h7-10,13-16H,2-5H2,1H3,(H,17,18)/t7-,8+,9-,10-/m0/s1. The van der Waals surface area contributed by atoms with Crippen LogP contribution in [-0.4, -0.2) is 61.7 Å². The summed E-state index contributed by atoms with van der Waals surface area (Å²) in [5.41, 5.74) is 0. The zero-order chi connectivity index (χ0) is 14.3. The van der Waals surface area contributed by atoms with Gasteiger partial charge in [0, 0.05) is 6.42 Å². The molecule has 0 aliphatic rings. The SMILES string of the molecule is CCCCCC(=O)[C@H](O)[C@@H](O)[C@H](O)[C@H](O)C(=O)O. The van der Waals surface area contributed by atoms with Crippen molar-refractivity contribution in [1.82, 2.24) is 0 Å². The van der Waals surface area contributed by atoms with Gasteiger partial charge in [0.2, 0.25) is 0 Å². The maximum atomic E-state index is 11.4. The normalized spacial score (nSPS) is 17.8. The van der Waals surface area contributed by atoms with E-state index in [0.717, 1.165) is 12.8 Å². The molecule has 18 heavy (non-hydrogen) atoms. The number of carboxylic acids is 1. The third-order valence-electron chi connectivity index (χ3n) is 2.61. The van der Waals surface area contributed by atoms with E-state index in [-0.39, 0.29) is 6.42 Å². The van der Waals surface area contributed by atoms with Gasteiger partial charge in [0.25, 0.3) is 0 Å². The maximum Gasteiger partial charge on any atom is 0.335 e. The number of aliphatic hydroxyl groups excluding tert-OH is 4. The van der Waals surface area contributed by atoms with E-state index in [1.54, 1.807) is 0 Å². The van der Waals surface area contributed by atoms with Crippen molar-refractivity contribution in [2.75, 3.05) is 0 Å². The molecule has 4 atom stereocenters. The predicted octanol–water partition coefficient (Wildman–Crippen LogP) is -1.34. The Hall–Kier alpha value is -1.02. The Bertz CT molecular complexity index is 279. The summed E-state index contributed by atoms with van der Waals surface area (Å²) in [5.74, 6) is -2.43. The summed E-state index contributed by atoms with van der Waals surface area (Å²) < 4.78 is 0. The fourth-order valence-electron chi connectivity index (χ4n) is 1.41. The summed E-state index contributed by atoms with van der Waals surface area (Å²) in [7, 11) is 0. The number of hydrogen-bond donors (Lipinski definition) is 5. The van der Waals surface area contributed by atoms with Crippen molar-refractivity contribution in [1.29, 1.82) is 0 Å². The molecule has 0 rings (SSSR count). The van der Waals surface area contributed by atoms with Crippen LogP contribution < -0.4 is 0 Å². The molecule has 0 fully saturated rings. The molecule has 7 nitrogen and oxygen atoms in total. The second kappa shape index (κ2) is 8.15. The van der Waals surface area contributed by atoms with Crippen LogP contribution in [0.4, 0.5) is 0 Å². The van der Waals surface area contributed by atoms with Crippen molar-refractivity contribution in [3.8, 4) is 0 Å². The van der Waals surface area contributed by atoms with Crippen LogP contribution in [0, 0.1) is 0 Å². The van der Waals surface area contributed by atoms with E-state index in [2.05, 4.69) is 0 Å². The Balaban J connectivity index is 4.35. The molecule has 0 amide bonds. The molecule has 0 unspecified atom stereocenters. The Morgan fingerprint density at radius 2 is 1.44 bits per heavy atom. The maximum absolute atomic E-state index is 11.4. The highest BCUT2D eigenvalue weighted by atomic mass is 16.4. The molecule has 0 saturated carbocycles. The van der Waals surface area contributed by atoms with Crippen molar-refractivity contribution < 1.29 is 35.1 Å². The zero-order valence-corrected chi connectivity index (χ0v) is 10.2. The highest BCUT2D eigenvalue weighted by molar-refractivity contribution is 5.83. The van der Waals surface area contributed by atoms with Crippen LogP contribution in [0.15, 0.2) is 0 Å². The lowest BCUT2D eigenvalue weighted by molar-refractivity contribution is -0.165. The first-order valence-corrected chi connectivity index (χ1v) is 5.80. The molecule has 0 saturated heterocycles. The Morgan fingerprint density at radius 1 is 0.944 bits per heavy atom. The molecule has 0 aromatic heterocycles. The molecule has 0 aliphatic heterocycles. The fraction of sp³-hybridized carbons (Fsp3) is 0.818. The summed E-state index contributed by atoms with van der Waals surface area (Å²) >= 11 is 0. The largest absolute Gasteiger partial charge is 0.479 e. The topological polar surface area (TPSA) is 135 Å². The minimum atomic E-state index is -2.25. The third kappa shape index (κ3) is 5.09. The average Bonchev–Trinajstić information content (AvgIpc) is 2.35. The van der Waals surface area contributed by atoms with Gasteiger partial charge in [0.15, 0.2) is 11.9 Å². The van der Waals surface area contributed by atoms with E-state index < -0.39 is 36.2 Å². The van der Waals surface area contributed by atoms with E-state index in [1.165, 1.54) is 0 Å².